The van der Waals surface area contributed by atoms with Gasteiger partial charge in [-0.15, -0.1) is 0 Å². The van der Waals surface area contributed by atoms with Gasteiger partial charge in [0.15, 0.2) is 5.69 Å². The van der Waals surface area contributed by atoms with Gasteiger partial charge >= 0.3 is 0 Å². The van der Waals surface area contributed by atoms with Crippen molar-refractivity contribution < 1.29 is 14.3 Å². The molecule has 2 atom stereocenters. The summed E-state index contributed by atoms with van der Waals surface area (Å²) in [5, 5.41) is 7.36. The third-order valence-electron chi connectivity index (χ3n) is 5.86. The van der Waals surface area contributed by atoms with Crippen LogP contribution in [0.15, 0.2) is 18.2 Å². The van der Waals surface area contributed by atoms with Crippen LogP contribution in [0.5, 0.6) is 5.75 Å². The first-order valence-electron chi connectivity index (χ1n) is 10.2. The summed E-state index contributed by atoms with van der Waals surface area (Å²) in [5.74, 6) is 1.00. The number of fused-ring (bicyclic) bond motifs is 1. The maximum absolute atomic E-state index is 13.1. The molecule has 0 unspecified atom stereocenters. The minimum absolute atomic E-state index is 0.0179. The second-order valence-electron chi connectivity index (χ2n) is 8.09. The van der Waals surface area contributed by atoms with Gasteiger partial charge in [0.1, 0.15) is 11.9 Å². The summed E-state index contributed by atoms with van der Waals surface area (Å²) in [6.07, 6.45) is 2.59. The molecule has 6 heteroatoms. The van der Waals surface area contributed by atoms with Gasteiger partial charge in [0.05, 0.1) is 17.9 Å². The molecule has 0 saturated carbocycles. The fourth-order valence-electron chi connectivity index (χ4n) is 4.33. The van der Waals surface area contributed by atoms with Crippen molar-refractivity contribution in [2.75, 3.05) is 13.1 Å². The molecule has 0 bridgehead atoms. The number of hydrogen-bond acceptors (Lipinski definition) is 4. The zero-order chi connectivity index (χ0) is 19.8. The van der Waals surface area contributed by atoms with Crippen LogP contribution in [0.2, 0.25) is 0 Å². The van der Waals surface area contributed by atoms with Crippen molar-refractivity contribution in [1.29, 1.82) is 0 Å². The number of ether oxygens (including phenoxy) is 2. The standard InChI is InChI=1S/C22H29N3O3/c1-13-6-5-7-14(2)21(13)28-17-8-10-25(11-9-17)22(26)20-18-12-15(3)27-16(4)19(18)23-24-20/h5-7,15-17H,8-12H2,1-4H3,(H,23,24)/t15-,16+/m1/s1. The molecule has 28 heavy (non-hydrogen) atoms. The van der Waals surface area contributed by atoms with Gasteiger partial charge < -0.3 is 14.4 Å². The second kappa shape index (κ2) is 7.59. The molecule has 1 N–H and O–H groups in total. The Morgan fingerprint density at radius 1 is 1.21 bits per heavy atom. The molecule has 1 aromatic heterocycles. The Morgan fingerprint density at radius 2 is 1.89 bits per heavy atom. The van der Waals surface area contributed by atoms with Gasteiger partial charge in [-0.3, -0.25) is 9.89 Å². The van der Waals surface area contributed by atoms with Crippen molar-refractivity contribution in [2.45, 2.75) is 65.3 Å². The number of nitrogens with one attached hydrogen (secondary N) is 1. The molecule has 1 aromatic carbocycles. The summed E-state index contributed by atoms with van der Waals surface area (Å²) in [6, 6.07) is 6.21. The van der Waals surface area contributed by atoms with Crippen LogP contribution in [-0.4, -0.2) is 46.3 Å². The summed E-state index contributed by atoms with van der Waals surface area (Å²) in [6.45, 7) is 9.57. The number of hydrogen-bond donors (Lipinski definition) is 1. The summed E-state index contributed by atoms with van der Waals surface area (Å²) in [4.78, 5) is 15.0. The summed E-state index contributed by atoms with van der Waals surface area (Å²) in [7, 11) is 0. The van der Waals surface area contributed by atoms with Crippen LogP contribution in [0, 0.1) is 13.8 Å². The number of aromatic amines is 1. The van der Waals surface area contributed by atoms with Crippen LogP contribution < -0.4 is 4.74 Å². The number of carbonyl (C=O) groups excluding carboxylic acids is 1. The Labute approximate surface area is 166 Å². The summed E-state index contributed by atoms with van der Waals surface area (Å²) < 4.78 is 12.1. The van der Waals surface area contributed by atoms with Gasteiger partial charge in [-0.1, -0.05) is 18.2 Å². The van der Waals surface area contributed by atoms with Gasteiger partial charge in [-0.2, -0.15) is 5.10 Å². The Kier molecular flexibility index (Phi) is 5.15. The highest BCUT2D eigenvalue weighted by molar-refractivity contribution is 5.94. The molecule has 4 rings (SSSR count). The van der Waals surface area contributed by atoms with Crippen molar-refractivity contribution in [3.63, 3.8) is 0 Å². The van der Waals surface area contributed by atoms with Crippen LogP contribution in [0.1, 0.15) is 65.7 Å². The van der Waals surface area contributed by atoms with Gasteiger partial charge in [0.25, 0.3) is 5.91 Å². The minimum Gasteiger partial charge on any atom is -0.490 e. The van der Waals surface area contributed by atoms with E-state index in [4.69, 9.17) is 9.47 Å². The highest BCUT2D eigenvalue weighted by Crippen LogP contribution is 2.31. The maximum atomic E-state index is 13.1. The number of aromatic nitrogens is 2. The number of piperidine rings is 1. The van der Waals surface area contributed by atoms with Gasteiger partial charge in [-0.05, 0) is 38.8 Å². The number of nitrogens with zero attached hydrogens (tertiary/aromatic N) is 2. The molecule has 0 aliphatic carbocycles. The average Bonchev–Trinajstić information content (AvgIpc) is 3.09. The molecule has 2 aromatic rings. The largest absolute Gasteiger partial charge is 0.490 e. The van der Waals surface area contributed by atoms with Crippen LogP contribution in [0.4, 0.5) is 0 Å². The zero-order valence-corrected chi connectivity index (χ0v) is 17.1. The number of aryl methyl sites for hydroxylation is 2. The number of para-hydroxylation sites is 1. The van der Waals surface area contributed by atoms with Crippen molar-refractivity contribution >= 4 is 5.91 Å². The van der Waals surface area contributed by atoms with E-state index in [1.807, 2.05) is 18.7 Å². The van der Waals surface area contributed by atoms with Crippen molar-refractivity contribution in [3.05, 3.63) is 46.3 Å². The van der Waals surface area contributed by atoms with E-state index in [0.717, 1.165) is 47.4 Å². The third kappa shape index (κ3) is 3.53. The molecule has 2 aliphatic rings. The predicted octanol–water partition coefficient (Wildman–Crippen LogP) is 3.73. The number of carbonyl (C=O) groups is 1. The molecule has 6 nitrogen and oxygen atoms in total. The Morgan fingerprint density at radius 3 is 2.57 bits per heavy atom. The average molecular weight is 383 g/mol. The number of H-pyrrole nitrogens is 1. The summed E-state index contributed by atoms with van der Waals surface area (Å²) in [5.41, 5.74) is 4.84. The lowest BCUT2D eigenvalue weighted by atomic mass is 9.98. The van der Waals surface area contributed by atoms with E-state index in [0.29, 0.717) is 18.8 Å². The quantitative estimate of drug-likeness (QED) is 0.877. The number of benzene rings is 1. The zero-order valence-electron chi connectivity index (χ0n) is 17.1. The molecule has 3 heterocycles. The molecular weight excluding hydrogens is 354 g/mol. The highest BCUT2D eigenvalue weighted by Gasteiger charge is 2.33. The van der Waals surface area contributed by atoms with Crippen LogP contribution >= 0.6 is 0 Å². The van der Waals surface area contributed by atoms with Crippen molar-refractivity contribution in [1.82, 2.24) is 15.1 Å². The van der Waals surface area contributed by atoms with E-state index in [9.17, 15) is 4.79 Å². The lowest BCUT2D eigenvalue weighted by Crippen LogP contribution is -2.42. The molecular formula is C22H29N3O3. The highest BCUT2D eigenvalue weighted by atomic mass is 16.5. The topological polar surface area (TPSA) is 67.5 Å². The van der Waals surface area contributed by atoms with Crippen LogP contribution in [0.3, 0.4) is 0 Å². The van der Waals surface area contributed by atoms with Crippen LogP contribution in [-0.2, 0) is 11.2 Å². The molecule has 150 valence electrons. The lowest BCUT2D eigenvalue weighted by Gasteiger charge is -2.33. The molecule has 1 fully saturated rings. The monoisotopic (exact) mass is 383 g/mol. The molecule has 0 spiro atoms. The second-order valence-corrected chi connectivity index (χ2v) is 8.09. The Balaban J connectivity index is 1.41. The van der Waals surface area contributed by atoms with E-state index in [2.05, 4.69) is 42.2 Å². The first kappa shape index (κ1) is 19.0. The van der Waals surface area contributed by atoms with E-state index in [-0.39, 0.29) is 24.2 Å². The van der Waals surface area contributed by atoms with E-state index in [1.165, 1.54) is 0 Å². The van der Waals surface area contributed by atoms with Gasteiger partial charge in [-0.25, -0.2) is 0 Å². The molecule has 0 radical (unpaired) electrons. The van der Waals surface area contributed by atoms with E-state index in [1.54, 1.807) is 0 Å². The van der Waals surface area contributed by atoms with Gasteiger partial charge in [0, 0.05) is 37.9 Å². The maximum Gasteiger partial charge on any atom is 0.274 e. The van der Waals surface area contributed by atoms with Crippen molar-refractivity contribution in [2.24, 2.45) is 0 Å². The molecule has 2 aliphatic heterocycles. The number of amides is 1. The molecule has 1 amide bonds. The molecule has 1 saturated heterocycles. The lowest BCUT2D eigenvalue weighted by molar-refractivity contribution is -0.00704. The first-order chi connectivity index (χ1) is 13.4. The number of rotatable bonds is 3. The Hall–Kier alpha value is -2.34. The number of likely N-dealkylation sites (tertiary alicyclic amines) is 1. The summed E-state index contributed by atoms with van der Waals surface area (Å²) >= 11 is 0. The van der Waals surface area contributed by atoms with Crippen molar-refractivity contribution in [3.8, 4) is 5.75 Å². The van der Waals surface area contributed by atoms with E-state index >= 15 is 0 Å². The third-order valence-corrected chi connectivity index (χ3v) is 5.86. The fraction of sp³-hybridized carbons (Fsp3) is 0.545. The van der Waals surface area contributed by atoms with Crippen LogP contribution in [0.25, 0.3) is 0 Å². The predicted molar refractivity (Wildman–Crippen MR) is 107 cm³/mol. The smallest absolute Gasteiger partial charge is 0.274 e. The van der Waals surface area contributed by atoms with Gasteiger partial charge in [0.2, 0.25) is 0 Å². The Bertz CT molecular complexity index is 848. The SMILES string of the molecule is Cc1cccc(C)c1OC1CCN(C(=O)c2n[nH]c3c2C[C@@H](C)O[C@H]3C)CC1. The normalized spacial score (nSPS) is 22.8. The fourth-order valence-corrected chi connectivity index (χ4v) is 4.33. The minimum atomic E-state index is -0.0516. The first-order valence-corrected chi connectivity index (χ1v) is 10.2. The van der Waals surface area contributed by atoms with E-state index < -0.39 is 0 Å².